The fourth-order valence-corrected chi connectivity index (χ4v) is 4.05. The molecule has 3 aromatic rings. The van der Waals surface area contributed by atoms with E-state index in [0.29, 0.717) is 46.7 Å². The van der Waals surface area contributed by atoms with E-state index in [0.717, 1.165) is 0 Å². The first kappa shape index (κ1) is 26.7. The number of piperazine rings is 1. The Morgan fingerprint density at radius 2 is 1.78 bits per heavy atom. The number of aryl methyl sites for hydroxylation is 1. The van der Waals surface area contributed by atoms with Crippen LogP contribution in [0.25, 0.3) is 11.3 Å². The number of nitrogens with one attached hydrogen (secondary N) is 2. The summed E-state index contributed by atoms with van der Waals surface area (Å²) in [6.07, 6.45) is -2.72. The lowest BCUT2D eigenvalue weighted by Gasteiger charge is -2.34. The van der Waals surface area contributed by atoms with Crippen LogP contribution >= 0.6 is 11.6 Å². The molecule has 0 unspecified atom stereocenters. The summed E-state index contributed by atoms with van der Waals surface area (Å²) in [4.78, 5) is 19.8. The topological polar surface area (TPSA) is 86.3 Å². The summed E-state index contributed by atoms with van der Waals surface area (Å²) < 4.78 is 52.0. The van der Waals surface area contributed by atoms with Crippen molar-refractivity contribution in [3.8, 4) is 11.3 Å². The van der Waals surface area contributed by atoms with Crippen LogP contribution in [0, 0.1) is 12.7 Å². The summed E-state index contributed by atoms with van der Waals surface area (Å²) in [5.41, 5.74) is 2.25. The number of hydrogen-bond donors (Lipinski definition) is 2. The minimum Gasteiger partial charge on any atom is -0.354 e. The molecule has 1 aliphatic heterocycles. The van der Waals surface area contributed by atoms with Crippen molar-refractivity contribution >= 4 is 34.7 Å². The molecule has 0 radical (unpaired) electrons. The molecule has 1 aliphatic rings. The number of carbonyl (C=O) groups excluding carboxylic acids is 1. The molecule has 0 atom stereocenters. The van der Waals surface area contributed by atoms with Crippen LogP contribution in [-0.4, -0.2) is 76.3 Å². The molecule has 4 rings (SSSR count). The third kappa shape index (κ3) is 7.57. The van der Waals surface area contributed by atoms with Gasteiger partial charge in [-0.2, -0.15) is 23.4 Å². The van der Waals surface area contributed by atoms with Crippen molar-refractivity contribution in [1.82, 2.24) is 25.0 Å². The highest BCUT2D eigenvalue weighted by molar-refractivity contribution is 6.30. The van der Waals surface area contributed by atoms with Crippen LogP contribution in [0.5, 0.6) is 0 Å². The molecule has 1 fully saturated rings. The first-order chi connectivity index (χ1) is 17.6. The fraction of sp³-hybridized carbons (Fsp3) is 0.333. The molecule has 0 bridgehead atoms. The predicted octanol–water partition coefficient (Wildman–Crippen LogP) is 4.50. The van der Waals surface area contributed by atoms with Gasteiger partial charge in [0.1, 0.15) is 11.6 Å². The molecule has 2 aromatic heterocycles. The van der Waals surface area contributed by atoms with Gasteiger partial charge in [0.15, 0.2) is 0 Å². The van der Waals surface area contributed by atoms with Crippen LogP contribution in [0.4, 0.5) is 34.8 Å². The quantitative estimate of drug-likeness (QED) is 0.429. The maximum Gasteiger partial charge on any atom is 0.401 e. The third-order valence-electron chi connectivity index (χ3n) is 5.72. The van der Waals surface area contributed by atoms with Crippen LogP contribution in [0.2, 0.25) is 5.02 Å². The Morgan fingerprint density at radius 1 is 1.05 bits per heavy atom. The van der Waals surface area contributed by atoms with Crippen molar-refractivity contribution in [3.63, 3.8) is 0 Å². The van der Waals surface area contributed by atoms with Gasteiger partial charge in [-0.1, -0.05) is 11.6 Å². The molecular formula is C24H24ClF4N7O. The Morgan fingerprint density at radius 3 is 2.51 bits per heavy atom. The lowest BCUT2D eigenvalue weighted by atomic mass is 10.1. The summed E-state index contributed by atoms with van der Waals surface area (Å²) in [5.74, 6) is -0.509. The Hall–Kier alpha value is -3.35. The maximum absolute atomic E-state index is 14.3. The molecule has 8 nitrogen and oxygen atoms in total. The molecule has 0 aliphatic carbocycles. The molecular weight excluding hydrogens is 514 g/mol. The number of rotatable bonds is 7. The molecule has 0 spiro atoms. The first-order valence-corrected chi connectivity index (χ1v) is 11.8. The summed E-state index contributed by atoms with van der Waals surface area (Å²) in [6, 6.07) is 9.13. The molecule has 196 valence electrons. The van der Waals surface area contributed by atoms with Crippen LogP contribution in [0.15, 0.2) is 42.6 Å². The van der Waals surface area contributed by atoms with Gasteiger partial charge in [-0.25, -0.2) is 9.37 Å². The second kappa shape index (κ2) is 11.4. The number of nitrogens with zero attached hydrogens (tertiary/aromatic N) is 5. The van der Waals surface area contributed by atoms with Crippen molar-refractivity contribution < 1.29 is 22.4 Å². The van der Waals surface area contributed by atoms with Gasteiger partial charge >= 0.3 is 6.18 Å². The van der Waals surface area contributed by atoms with E-state index in [1.54, 1.807) is 30.0 Å². The fourth-order valence-electron chi connectivity index (χ4n) is 3.88. The second-order valence-corrected chi connectivity index (χ2v) is 9.06. The number of anilines is 3. The molecule has 1 saturated heterocycles. The van der Waals surface area contributed by atoms with Crippen LogP contribution in [0.3, 0.4) is 0 Å². The summed E-state index contributed by atoms with van der Waals surface area (Å²) in [7, 11) is 0. The zero-order chi connectivity index (χ0) is 26.6. The Balaban J connectivity index is 1.37. The maximum atomic E-state index is 14.3. The highest BCUT2D eigenvalue weighted by Gasteiger charge is 2.32. The minimum absolute atomic E-state index is 0.0428. The van der Waals surface area contributed by atoms with Gasteiger partial charge in [0.25, 0.3) is 0 Å². The molecule has 3 heterocycles. The average Bonchev–Trinajstić information content (AvgIpc) is 2.83. The normalized spacial score (nSPS) is 15.0. The van der Waals surface area contributed by atoms with Gasteiger partial charge in [0.2, 0.25) is 5.91 Å². The predicted molar refractivity (Wildman–Crippen MR) is 132 cm³/mol. The Labute approximate surface area is 215 Å². The first-order valence-electron chi connectivity index (χ1n) is 11.4. The van der Waals surface area contributed by atoms with E-state index in [2.05, 4.69) is 25.8 Å². The molecule has 13 heteroatoms. The number of carbonyl (C=O) groups is 1. The standard InChI is InChI=1S/C24H24ClF4N7O/c1-15-20(12-21(34-33-15)18-10-16(25)2-3-19(18)26)31-17-4-5-30-22(11-17)32-23(37)13-35-6-8-36(9-7-35)14-24(27,28)29/h2-5,10-12H,6-9,13-14H2,1H3,(H2,30,31,32,34,37). The van der Waals surface area contributed by atoms with Crippen molar-refractivity contribution in [2.24, 2.45) is 0 Å². The van der Waals surface area contributed by atoms with Gasteiger partial charge in [-0.15, -0.1) is 0 Å². The highest BCUT2D eigenvalue weighted by Crippen LogP contribution is 2.28. The number of hydrogen-bond acceptors (Lipinski definition) is 7. The number of benzene rings is 1. The number of aromatic nitrogens is 3. The third-order valence-corrected chi connectivity index (χ3v) is 5.96. The molecule has 1 aromatic carbocycles. The van der Waals surface area contributed by atoms with E-state index < -0.39 is 18.5 Å². The number of alkyl halides is 3. The number of halogens is 5. The van der Waals surface area contributed by atoms with E-state index in [-0.39, 0.29) is 31.1 Å². The summed E-state index contributed by atoms with van der Waals surface area (Å²) in [5, 5.41) is 14.4. The van der Waals surface area contributed by atoms with Gasteiger partial charge in [-0.3, -0.25) is 14.6 Å². The van der Waals surface area contributed by atoms with Gasteiger partial charge in [0, 0.05) is 54.7 Å². The van der Waals surface area contributed by atoms with E-state index in [1.165, 1.54) is 29.3 Å². The van der Waals surface area contributed by atoms with Crippen LogP contribution in [-0.2, 0) is 4.79 Å². The monoisotopic (exact) mass is 537 g/mol. The van der Waals surface area contributed by atoms with Crippen molar-refractivity contribution in [3.05, 3.63) is 59.1 Å². The summed E-state index contributed by atoms with van der Waals surface area (Å²) >= 11 is 6.00. The van der Waals surface area contributed by atoms with E-state index in [4.69, 9.17) is 11.6 Å². The lowest BCUT2D eigenvalue weighted by Crippen LogP contribution is -2.50. The summed E-state index contributed by atoms with van der Waals surface area (Å²) in [6.45, 7) is 2.05. The average molecular weight is 538 g/mol. The van der Waals surface area contributed by atoms with Crippen molar-refractivity contribution in [1.29, 1.82) is 0 Å². The van der Waals surface area contributed by atoms with E-state index in [9.17, 15) is 22.4 Å². The van der Waals surface area contributed by atoms with E-state index in [1.807, 2.05) is 0 Å². The largest absolute Gasteiger partial charge is 0.401 e. The number of pyridine rings is 1. The van der Waals surface area contributed by atoms with Crippen LogP contribution in [0.1, 0.15) is 5.69 Å². The zero-order valence-corrected chi connectivity index (χ0v) is 20.6. The van der Waals surface area contributed by atoms with Gasteiger partial charge in [-0.05, 0) is 37.3 Å². The van der Waals surface area contributed by atoms with Gasteiger partial charge < -0.3 is 10.6 Å². The second-order valence-electron chi connectivity index (χ2n) is 8.62. The minimum atomic E-state index is -4.23. The zero-order valence-electron chi connectivity index (χ0n) is 19.8. The van der Waals surface area contributed by atoms with Crippen molar-refractivity contribution in [2.75, 3.05) is 49.9 Å². The highest BCUT2D eigenvalue weighted by atomic mass is 35.5. The molecule has 0 saturated carbocycles. The van der Waals surface area contributed by atoms with Crippen molar-refractivity contribution in [2.45, 2.75) is 13.1 Å². The molecule has 37 heavy (non-hydrogen) atoms. The Bertz CT molecular complexity index is 1270. The Kier molecular flexibility index (Phi) is 8.20. The number of amides is 1. The molecule has 2 N–H and O–H groups in total. The smallest absolute Gasteiger partial charge is 0.354 e. The molecule has 1 amide bonds. The SMILES string of the molecule is Cc1nnc(-c2cc(Cl)ccc2F)cc1Nc1ccnc(NC(=O)CN2CCN(CC(F)(F)F)CC2)c1. The van der Waals surface area contributed by atoms with Crippen LogP contribution < -0.4 is 10.6 Å². The van der Waals surface area contributed by atoms with E-state index >= 15 is 0 Å². The lowest BCUT2D eigenvalue weighted by molar-refractivity contribution is -0.149. The van der Waals surface area contributed by atoms with Gasteiger partial charge in [0.05, 0.1) is 30.2 Å².